The Morgan fingerprint density at radius 3 is 2.77 bits per heavy atom. The minimum atomic E-state index is -0.560. The molecule has 4 aromatic rings. The van der Waals surface area contributed by atoms with E-state index in [1.807, 2.05) is 0 Å². The fourth-order valence-electron chi connectivity index (χ4n) is 4.78. The van der Waals surface area contributed by atoms with Crippen molar-refractivity contribution in [3.05, 3.63) is 57.1 Å². The number of nitrogens with zero attached hydrogens (tertiary/aromatic N) is 4. The topological polar surface area (TPSA) is 108 Å². The van der Waals surface area contributed by atoms with Gasteiger partial charge in [-0.15, -0.1) is 11.3 Å². The number of carbonyl (C=O) groups is 2. The van der Waals surface area contributed by atoms with Gasteiger partial charge < -0.3 is 10.1 Å². The molecule has 0 fully saturated rings. The summed E-state index contributed by atoms with van der Waals surface area (Å²) in [5.74, 6) is -0.434. The molecule has 0 radical (unpaired) electrons. The third-order valence-electron chi connectivity index (χ3n) is 6.78. The molecule has 0 unspecified atom stereocenters. The van der Waals surface area contributed by atoms with Crippen LogP contribution in [0.15, 0.2) is 35.4 Å². The van der Waals surface area contributed by atoms with Gasteiger partial charge in [0, 0.05) is 4.88 Å². The number of rotatable bonds is 4. The Kier molecular flexibility index (Phi) is 5.71. The number of esters is 1. The summed E-state index contributed by atoms with van der Waals surface area (Å²) in [6.07, 6.45) is 4.55. The van der Waals surface area contributed by atoms with Crippen LogP contribution in [0.25, 0.3) is 15.9 Å². The number of fused-ring (bicyclic) bond motifs is 5. The number of ether oxygens (including phenoxy) is 1. The average Bonchev–Trinajstić information content (AvgIpc) is 3.35. The second-order valence-corrected chi connectivity index (χ2v) is 11.0. The number of para-hydroxylation sites is 1. The van der Waals surface area contributed by atoms with Gasteiger partial charge in [0.2, 0.25) is 5.91 Å². The van der Waals surface area contributed by atoms with E-state index in [9.17, 15) is 14.4 Å². The van der Waals surface area contributed by atoms with Crippen molar-refractivity contribution in [3.63, 3.8) is 0 Å². The molecular formula is C25H27N5O4S. The first-order valence-corrected chi connectivity index (χ1v) is 12.3. The minimum absolute atomic E-state index is 0.231. The smallest absolute Gasteiger partial charge is 0.365 e. The van der Waals surface area contributed by atoms with Gasteiger partial charge in [0.15, 0.2) is 5.65 Å². The lowest BCUT2D eigenvalue weighted by molar-refractivity contribution is -0.117. The normalized spacial score (nSPS) is 15.8. The zero-order chi connectivity index (χ0) is 24.9. The number of hydrogen-bond donors (Lipinski definition) is 1. The van der Waals surface area contributed by atoms with E-state index < -0.39 is 17.6 Å². The van der Waals surface area contributed by atoms with Gasteiger partial charge in [-0.1, -0.05) is 32.9 Å². The molecule has 0 saturated carbocycles. The molecule has 0 bridgehead atoms. The second-order valence-electron chi connectivity index (χ2n) is 9.94. The highest BCUT2D eigenvalue weighted by Gasteiger charge is 2.32. The summed E-state index contributed by atoms with van der Waals surface area (Å²) < 4.78 is 7.59. The Bertz CT molecular complexity index is 1520. The number of aromatic nitrogens is 4. The molecule has 1 aromatic carbocycles. The monoisotopic (exact) mass is 493 g/mol. The lowest BCUT2D eigenvalue weighted by Gasteiger charge is -2.33. The Labute approximate surface area is 205 Å². The van der Waals surface area contributed by atoms with Gasteiger partial charge in [-0.25, -0.2) is 23.8 Å². The maximum atomic E-state index is 12.8. The van der Waals surface area contributed by atoms with E-state index >= 15 is 0 Å². The Balaban J connectivity index is 1.48. The van der Waals surface area contributed by atoms with Crippen molar-refractivity contribution >= 4 is 44.8 Å². The quantitative estimate of drug-likeness (QED) is 0.435. The van der Waals surface area contributed by atoms with E-state index in [0.29, 0.717) is 17.3 Å². The lowest BCUT2D eigenvalue weighted by Crippen LogP contribution is -2.29. The van der Waals surface area contributed by atoms with Gasteiger partial charge >= 0.3 is 11.7 Å². The van der Waals surface area contributed by atoms with Gasteiger partial charge in [-0.2, -0.15) is 4.98 Å². The SMILES string of the molecule is COC(=O)c1ccccc1NC(=O)Cn1c(=O)nc2c3c4c(sc3ncn21)C[C@H](C(C)(C)C)CC4. The maximum absolute atomic E-state index is 12.8. The second kappa shape index (κ2) is 8.60. The van der Waals surface area contributed by atoms with Crippen molar-refractivity contribution in [2.24, 2.45) is 11.3 Å². The van der Waals surface area contributed by atoms with Crippen molar-refractivity contribution < 1.29 is 14.3 Å². The van der Waals surface area contributed by atoms with E-state index in [1.165, 1.54) is 22.2 Å². The molecule has 1 N–H and O–H groups in total. The van der Waals surface area contributed by atoms with Crippen LogP contribution in [-0.2, 0) is 28.9 Å². The average molecular weight is 494 g/mol. The maximum Gasteiger partial charge on any atom is 0.365 e. The zero-order valence-electron chi connectivity index (χ0n) is 20.1. The van der Waals surface area contributed by atoms with Crippen molar-refractivity contribution in [1.29, 1.82) is 0 Å². The predicted octanol–water partition coefficient (Wildman–Crippen LogP) is 3.68. The number of thiophene rings is 1. The number of nitrogens with one attached hydrogen (secondary N) is 1. The third kappa shape index (κ3) is 4.12. The van der Waals surface area contributed by atoms with Gasteiger partial charge in [0.05, 0.1) is 23.7 Å². The summed E-state index contributed by atoms with van der Waals surface area (Å²) in [6, 6.07) is 6.55. The molecule has 0 saturated heterocycles. The van der Waals surface area contributed by atoms with Crippen LogP contribution in [0.4, 0.5) is 5.69 Å². The van der Waals surface area contributed by atoms with Crippen LogP contribution < -0.4 is 11.0 Å². The van der Waals surface area contributed by atoms with Gasteiger partial charge in [0.1, 0.15) is 17.7 Å². The molecule has 35 heavy (non-hydrogen) atoms. The first kappa shape index (κ1) is 23.2. The van der Waals surface area contributed by atoms with Crippen LogP contribution in [0, 0.1) is 11.3 Å². The van der Waals surface area contributed by atoms with Crippen LogP contribution in [0.5, 0.6) is 0 Å². The fourth-order valence-corrected chi connectivity index (χ4v) is 6.04. The van der Waals surface area contributed by atoms with Crippen LogP contribution in [0.1, 0.15) is 48.0 Å². The zero-order valence-corrected chi connectivity index (χ0v) is 20.9. The largest absolute Gasteiger partial charge is 0.465 e. The molecule has 0 aliphatic heterocycles. The molecule has 3 aromatic heterocycles. The van der Waals surface area contributed by atoms with Crippen molar-refractivity contribution in [2.75, 3.05) is 12.4 Å². The highest BCUT2D eigenvalue weighted by Crippen LogP contribution is 2.43. The van der Waals surface area contributed by atoms with E-state index in [-0.39, 0.29) is 17.5 Å². The summed E-state index contributed by atoms with van der Waals surface area (Å²) in [6.45, 7) is 6.56. The molecular weight excluding hydrogens is 466 g/mol. The third-order valence-corrected chi connectivity index (χ3v) is 7.94. The van der Waals surface area contributed by atoms with Crippen molar-refractivity contribution in [3.8, 4) is 0 Å². The first-order chi connectivity index (χ1) is 16.7. The highest BCUT2D eigenvalue weighted by molar-refractivity contribution is 7.19. The van der Waals surface area contributed by atoms with E-state index in [1.54, 1.807) is 46.4 Å². The molecule has 9 nitrogen and oxygen atoms in total. The van der Waals surface area contributed by atoms with Gasteiger partial charge in [-0.05, 0) is 48.3 Å². The number of hydrogen-bond acceptors (Lipinski definition) is 7. The number of carbonyl (C=O) groups excluding carboxylic acids is 2. The fraction of sp³-hybridized carbons (Fsp3) is 0.400. The van der Waals surface area contributed by atoms with E-state index in [0.717, 1.165) is 29.5 Å². The van der Waals surface area contributed by atoms with Crippen LogP contribution in [0.2, 0.25) is 0 Å². The molecule has 0 spiro atoms. The summed E-state index contributed by atoms with van der Waals surface area (Å²) in [4.78, 5) is 48.7. The summed E-state index contributed by atoms with van der Waals surface area (Å²) in [5.41, 5.74) is 1.99. The van der Waals surface area contributed by atoms with Crippen molar-refractivity contribution in [2.45, 2.75) is 46.6 Å². The summed E-state index contributed by atoms with van der Waals surface area (Å²) in [5, 5.41) is 3.61. The molecule has 5 rings (SSSR count). The molecule has 1 amide bonds. The van der Waals surface area contributed by atoms with Crippen molar-refractivity contribution in [1.82, 2.24) is 19.2 Å². The van der Waals surface area contributed by atoms with E-state index in [2.05, 4.69) is 36.1 Å². The standard InChI is InChI=1S/C25H27N5O4S/c1-25(2,3)14-9-10-16-18(11-14)35-22-20(16)21-28-24(33)29(30(21)13-26-22)12-19(31)27-17-8-6-5-7-15(17)23(32)34-4/h5-8,13-14H,9-12H2,1-4H3,(H,27,31)/t14-/m1/s1. The first-order valence-electron chi connectivity index (χ1n) is 11.5. The number of benzene rings is 1. The molecule has 10 heteroatoms. The van der Waals surface area contributed by atoms with Crippen LogP contribution in [0.3, 0.4) is 0 Å². The van der Waals surface area contributed by atoms with Gasteiger partial charge in [0.25, 0.3) is 0 Å². The number of methoxy groups -OCH3 is 1. The van der Waals surface area contributed by atoms with Crippen LogP contribution >= 0.6 is 11.3 Å². The molecule has 1 aliphatic rings. The minimum Gasteiger partial charge on any atom is -0.465 e. The number of anilines is 1. The predicted molar refractivity (Wildman–Crippen MR) is 134 cm³/mol. The molecule has 3 heterocycles. The highest BCUT2D eigenvalue weighted by atomic mass is 32.1. The Morgan fingerprint density at radius 1 is 1.26 bits per heavy atom. The van der Waals surface area contributed by atoms with E-state index in [4.69, 9.17) is 4.74 Å². The van der Waals surface area contributed by atoms with Crippen LogP contribution in [-0.4, -0.2) is 38.2 Å². The lowest BCUT2D eigenvalue weighted by atomic mass is 9.72. The van der Waals surface area contributed by atoms with Gasteiger partial charge in [-0.3, -0.25) is 4.79 Å². The molecule has 1 aliphatic carbocycles. The summed E-state index contributed by atoms with van der Waals surface area (Å²) in [7, 11) is 1.28. The molecule has 182 valence electrons. The molecule has 1 atom stereocenters. The number of amides is 1. The summed E-state index contributed by atoms with van der Waals surface area (Å²) >= 11 is 1.67. The Hall–Kier alpha value is -3.53. The number of aryl methyl sites for hydroxylation is 1. The Morgan fingerprint density at radius 2 is 2.03 bits per heavy atom.